The molecule has 1 aromatic heterocycles. The van der Waals surface area contributed by atoms with Crippen molar-refractivity contribution in [1.82, 2.24) is 20.3 Å². The second kappa shape index (κ2) is 3.69. The first-order valence-electron chi connectivity index (χ1n) is 5.30. The molecule has 0 aliphatic heterocycles. The molecule has 0 radical (unpaired) electrons. The maximum atomic E-state index is 4.03. The first-order chi connectivity index (χ1) is 6.74. The largest absolute Gasteiger partial charge is 0.311 e. The van der Waals surface area contributed by atoms with Crippen molar-refractivity contribution >= 4 is 0 Å². The van der Waals surface area contributed by atoms with Gasteiger partial charge in [-0.05, 0) is 24.7 Å². The van der Waals surface area contributed by atoms with Crippen LogP contribution in [0.2, 0.25) is 0 Å². The summed E-state index contributed by atoms with van der Waals surface area (Å²) in [5.41, 5.74) is 1.64. The fraction of sp³-hybridized carbons (Fsp3) is 0.800. The molecule has 0 saturated heterocycles. The van der Waals surface area contributed by atoms with Crippen molar-refractivity contribution in [3.05, 3.63) is 11.9 Å². The number of nitrogens with zero attached hydrogens (tertiary/aromatic N) is 3. The molecular weight excluding hydrogens is 176 g/mol. The maximum absolute atomic E-state index is 4.03. The molecule has 0 spiro atoms. The van der Waals surface area contributed by atoms with Gasteiger partial charge in [-0.2, -0.15) is 0 Å². The minimum absolute atomic E-state index is 0.613. The Hall–Kier alpha value is -0.900. The van der Waals surface area contributed by atoms with E-state index in [4.69, 9.17) is 0 Å². The van der Waals surface area contributed by atoms with Gasteiger partial charge in [-0.15, -0.1) is 5.10 Å². The summed E-state index contributed by atoms with van der Waals surface area (Å²) in [6.45, 7) is 4.24. The summed E-state index contributed by atoms with van der Waals surface area (Å²) in [6.07, 6.45) is 6.02. The molecule has 1 heterocycles. The van der Waals surface area contributed by atoms with E-state index >= 15 is 0 Å². The van der Waals surface area contributed by atoms with Crippen LogP contribution in [0, 0.1) is 5.41 Å². The molecule has 0 bridgehead atoms. The normalized spacial score (nSPS) is 18.4. The van der Waals surface area contributed by atoms with E-state index in [-0.39, 0.29) is 0 Å². The fourth-order valence-corrected chi connectivity index (χ4v) is 1.76. The topological polar surface area (TPSA) is 42.7 Å². The highest BCUT2D eigenvalue weighted by atomic mass is 15.4. The highest BCUT2D eigenvalue weighted by Crippen LogP contribution is 2.47. The Bertz CT molecular complexity index is 301. The Morgan fingerprint density at radius 1 is 1.57 bits per heavy atom. The first kappa shape index (κ1) is 9.65. The minimum atomic E-state index is 0.613. The summed E-state index contributed by atoms with van der Waals surface area (Å²) in [5.74, 6) is 0. The van der Waals surface area contributed by atoms with E-state index < -0.39 is 0 Å². The average Bonchev–Trinajstić information content (AvgIpc) is 2.84. The van der Waals surface area contributed by atoms with Gasteiger partial charge in [-0.1, -0.05) is 12.1 Å². The second-order valence-corrected chi connectivity index (χ2v) is 4.34. The summed E-state index contributed by atoms with van der Waals surface area (Å²) in [5, 5.41) is 11.4. The standard InChI is InChI=1S/C10H18N4/c1-3-10(4-5-10)8-11-6-9-7-14(2)13-12-9/h7,11H,3-6,8H2,1-2H3. The van der Waals surface area contributed by atoms with Gasteiger partial charge in [0.25, 0.3) is 0 Å². The molecule has 4 heteroatoms. The van der Waals surface area contributed by atoms with E-state index in [2.05, 4.69) is 22.6 Å². The monoisotopic (exact) mass is 194 g/mol. The van der Waals surface area contributed by atoms with Gasteiger partial charge in [0.2, 0.25) is 0 Å². The lowest BCUT2D eigenvalue weighted by molar-refractivity contribution is 0.442. The molecule has 4 nitrogen and oxygen atoms in total. The van der Waals surface area contributed by atoms with Gasteiger partial charge >= 0.3 is 0 Å². The van der Waals surface area contributed by atoms with Crippen molar-refractivity contribution < 1.29 is 0 Å². The predicted octanol–water partition coefficient (Wildman–Crippen LogP) is 1.09. The van der Waals surface area contributed by atoms with Gasteiger partial charge in [0.05, 0.1) is 5.69 Å². The minimum Gasteiger partial charge on any atom is -0.311 e. The molecule has 1 saturated carbocycles. The third kappa shape index (κ3) is 2.12. The highest BCUT2D eigenvalue weighted by Gasteiger charge is 2.39. The molecule has 2 rings (SSSR count). The number of hydrogen-bond donors (Lipinski definition) is 1. The van der Waals surface area contributed by atoms with Crippen LogP contribution in [0.3, 0.4) is 0 Å². The van der Waals surface area contributed by atoms with E-state index in [1.54, 1.807) is 4.68 Å². The van der Waals surface area contributed by atoms with Gasteiger partial charge in [-0.3, -0.25) is 4.68 Å². The molecule has 0 unspecified atom stereocenters. The third-order valence-electron chi connectivity index (χ3n) is 3.16. The van der Waals surface area contributed by atoms with Crippen LogP contribution < -0.4 is 5.32 Å². The molecular formula is C10H18N4. The van der Waals surface area contributed by atoms with Gasteiger partial charge < -0.3 is 5.32 Å². The molecule has 1 aromatic rings. The van der Waals surface area contributed by atoms with E-state index in [1.165, 1.54) is 19.3 Å². The Balaban J connectivity index is 1.73. The van der Waals surface area contributed by atoms with Crippen LogP contribution in [0.1, 0.15) is 31.9 Å². The molecule has 78 valence electrons. The smallest absolute Gasteiger partial charge is 0.0964 e. The molecule has 1 N–H and O–H groups in total. The Morgan fingerprint density at radius 2 is 2.36 bits per heavy atom. The fourth-order valence-electron chi connectivity index (χ4n) is 1.76. The lowest BCUT2D eigenvalue weighted by atomic mass is 10.0. The van der Waals surface area contributed by atoms with Gasteiger partial charge in [0, 0.05) is 26.3 Å². The first-order valence-corrected chi connectivity index (χ1v) is 5.30. The van der Waals surface area contributed by atoms with Crippen LogP contribution in [-0.2, 0) is 13.6 Å². The highest BCUT2D eigenvalue weighted by molar-refractivity contribution is 4.96. The van der Waals surface area contributed by atoms with Crippen molar-refractivity contribution in [2.24, 2.45) is 12.5 Å². The lowest BCUT2D eigenvalue weighted by Crippen LogP contribution is -2.23. The van der Waals surface area contributed by atoms with E-state index in [0.29, 0.717) is 5.41 Å². The predicted molar refractivity (Wildman–Crippen MR) is 54.7 cm³/mol. The van der Waals surface area contributed by atoms with Crippen molar-refractivity contribution in [2.75, 3.05) is 6.54 Å². The summed E-state index contributed by atoms with van der Waals surface area (Å²) >= 11 is 0. The van der Waals surface area contributed by atoms with Gasteiger partial charge in [0.15, 0.2) is 0 Å². The van der Waals surface area contributed by atoms with Gasteiger partial charge in [0.1, 0.15) is 0 Å². The van der Waals surface area contributed by atoms with E-state index in [0.717, 1.165) is 18.8 Å². The average molecular weight is 194 g/mol. The van der Waals surface area contributed by atoms with Crippen molar-refractivity contribution in [2.45, 2.75) is 32.7 Å². The SMILES string of the molecule is CCC1(CNCc2cn(C)nn2)CC1. The van der Waals surface area contributed by atoms with E-state index in [9.17, 15) is 0 Å². The molecule has 0 amide bonds. The number of aromatic nitrogens is 3. The zero-order valence-electron chi connectivity index (χ0n) is 8.95. The molecule has 14 heavy (non-hydrogen) atoms. The lowest BCUT2D eigenvalue weighted by Gasteiger charge is -2.11. The molecule has 0 aromatic carbocycles. The van der Waals surface area contributed by atoms with E-state index in [1.807, 2.05) is 13.2 Å². The van der Waals surface area contributed by atoms with Crippen LogP contribution in [0.15, 0.2) is 6.20 Å². The van der Waals surface area contributed by atoms with Crippen molar-refractivity contribution in [3.63, 3.8) is 0 Å². The quantitative estimate of drug-likeness (QED) is 0.763. The summed E-state index contributed by atoms with van der Waals surface area (Å²) in [6, 6.07) is 0. The Morgan fingerprint density at radius 3 is 2.86 bits per heavy atom. The summed E-state index contributed by atoms with van der Waals surface area (Å²) in [4.78, 5) is 0. The summed E-state index contributed by atoms with van der Waals surface area (Å²) < 4.78 is 1.74. The van der Waals surface area contributed by atoms with Crippen LogP contribution in [0.5, 0.6) is 0 Å². The van der Waals surface area contributed by atoms with Crippen LogP contribution in [-0.4, -0.2) is 21.5 Å². The zero-order chi connectivity index (χ0) is 10.0. The second-order valence-electron chi connectivity index (χ2n) is 4.34. The van der Waals surface area contributed by atoms with Crippen LogP contribution >= 0.6 is 0 Å². The summed E-state index contributed by atoms with van der Waals surface area (Å²) in [7, 11) is 1.89. The van der Waals surface area contributed by atoms with Crippen molar-refractivity contribution in [1.29, 1.82) is 0 Å². The maximum Gasteiger partial charge on any atom is 0.0964 e. The van der Waals surface area contributed by atoms with Crippen LogP contribution in [0.25, 0.3) is 0 Å². The van der Waals surface area contributed by atoms with Crippen LogP contribution in [0.4, 0.5) is 0 Å². The number of rotatable bonds is 5. The zero-order valence-corrected chi connectivity index (χ0v) is 8.95. The molecule has 1 aliphatic rings. The number of hydrogen-bond acceptors (Lipinski definition) is 3. The Labute approximate surface area is 84.7 Å². The Kier molecular flexibility index (Phi) is 2.54. The van der Waals surface area contributed by atoms with Gasteiger partial charge in [-0.25, -0.2) is 0 Å². The molecule has 1 aliphatic carbocycles. The number of nitrogens with one attached hydrogen (secondary N) is 1. The number of aryl methyl sites for hydroxylation is 1. The molecule has 0 atom stereocenters. The third-order valence-corrected chi connectivity index (χ3v) is 3.16. The van der Waals surface area contributed by atoms with Crippen molar-refractivity contribution in [3.8, 4) is 0 Å². The molecule has 1 fully saturated rings.